The molecular formula is C10H17ClN4S. The lowest BCUT2D eigenvalue weighted by molar-refractivity contribution is 0.294. The first-order valence-corrected chi connectivity index (χ1v) is 6.40. The molecule has 3 rings (SSSR count). The number of likely N-dealkylation sites (tertiary alicyclic amines) is 1. The average molecular weight is 261 g/mol. The number of hydrogen-bond donors (Lipinski definition) is 1. The molecule has 16 heavy (non-hydrogen) atoms. The van der Waals surface area contributed by atoms with Crippen LogP contribution in [0.4, 0.5) is 0 Å². The van der Waals surface area contributed by atoms with Crippen LogP contribution >= 0.6 is 23.9 Å². The SMILES string of the molecule is Cl.NC1CCC2CN(Cc3csnn3)CC12. The fourth-order valence-electron chi connectivity index (χ4n) is 3.01. The molecule has 0 radical (unpaired) electrons. The lowest BCUT2D eigenvalue weighted by Crippen LogP contribution is -2.30. The first kappa shape index (κ1) is 12.2. The van der Waals surface area contributed by atoms with Crippen molar-refractivity contribution in [2.24, 2.45) is 17.6 Å². The summed E-state index contributed by atoms with van der Waals surface area (Å²) in [4.78, 5) is 2.48. The molecule has 0 amide bonds. The molecule has 0 aromatic carbocycles. The molecule has 1 saturated carbocycles. The van der Waals surface area contributed by atoms with Gasteiger partial charge in [-0.15, -0.1) is 17.5 Å². The van der Waals surface area contributed by atoms with Crippen LogP contribution in [-0.2, 0) is 6.54 Å². The third kappa shape index (κ3) is 2.22. The minimum Gasteiger partial charge on any atom is -0.327 e. The molecule has 0 spiro atoms. The standard InChI is InChI=1S/C10H16N4S.ClH/c11-10-2-1-7-3-14(5-9(7)10)4-8-6-15-13-12-8;/h6-7,9-10H,1-5,11H2;1H. The van der Waals surface area contributed by atoms with Crippen molar-refractivity contribution in [3.8, 4) is 0 Å². The van der Waals surface area contributed by atoms with Crippen LogP contribution in [0.1, 0.15) is 18.5 Å². The van der Waals surface area contributed by atoms with Crippen LogP contribution in [0.2, 0.25) is 0 Å². The van der Waals surface area contributed by atoms with Crippen molar-refractivity contribution in [1.29, 1.82) is 0 Å². The number of aromatic nitrogens is 2. The van der Waals surface area contributed by atoms with E-state index in [4.69, 9.17) is 5.73 Å². The fraction of sp³-hybridized carbons (Fsp3) is 0.800. The average Bonchev–Trinajstić information content (AvgIpc) is 2.88. The molecular weight excluding hydrogens is 244 g/mol. The van der Waals surface area contributed by atoms with Gasteiger partial charge in [0.15, 0.2) is 0 Å². The summed E-state index contributed by atoms with van der Waals surface area (Å²) >= 11 is 1.43. The number of nitrogens with zero attached hydrogens (tertiary/aromatic N) is 3. The summed E-state index contributed by atoms with van der Waals surface area (Å²) in [6, 6.07) is 0.438. The van der Waals surface area contributed by atoms with Gasteiger partial charge in [0.25, 0.3) is 0 Å². The van der Waals surface area contributed by atoms with Gasteiger partial charge in [-0.05, 0) is 36.2 Å². The summed E-state index contributed by atoms with van der Waals surface area (Å²) < 4.78 is 3.89. The zero-order valence-electron chi connectivity index (χ0n) is 9.08. The monoisotopic (exact) mass is 260 g/mol. The minimum absolute atomic E-state index is 0. The summed E-state index contributed by atoms with van der Waals surface area (Å²) in [5.41, 5.74) is 7.21. The van der Waals surface area contributed by atoms with E-state index in [2.05, 4.69) is 14.5 Å². The van der Waals surface area contributed by atoms with Crippen LogP contribution < -0.4 is 5.73 Å². The van der Waals surface area contributed by atoms with Crippen LogP contribution in [0.3, 0.4) is 0 Å². The molecule has 6 heteroatoms. The van der Waals surface area contributed by atoms with Gasteiger partial charge in [-0.2, -0.15) is 0 Å². The second-order valence-electron chi connectivity index (χ2n) is 4.76. The number of nitrogens with two attached hydrogens (primary N) is 1. The van der Waals surface area contributed by atoms with E-state index >= 15 is 0 Å². The van der Waals surface area contributed by atoms with Crippen LogP contribution in [0, 0.1) is 11.8 Å². The third-order valence-corrected chi connectivity index (χ3v) is 4.33. The van der Waals surface area contributed by atoms with Crippen molar-refractivity contribution in [2.45, 2.75) is 25.4 Å². The topological polar surface area (TPSA) is 55.0 Å². The van der Waals surface area contributed by atoms with Crippen LogP contribution in [0.25, 0.3) is 0 Å². The minimum atomic E-state index is 0. The highest BCUT2D eigenvalue weighted by Crippen LogP contribution is 2.37. The maximum Gasteiger partial charge on any atom is 0.0895 e. The molecule has 90 valence electrons. The molecule has 1 aliphatic heterocycles. The molecule has 2 heterocycles. The van der Waals surface area contributed by atoms with Crippen LogP contribution in [-0.4, -0.2) is 33.6 Å². The van der Waals surface area contributed by atoms with E-state index < -0.39 is 0 Å². The molecule has 1 aliphatic carbocycles. The largest absolute Gasteiger partial charge is 0.327 e. The molecule has 1 saturated heterocycles. The third-order valence-electron chi connectivity index (χ3n) is 3.78. The predicted octanol–water partition coefficient (Wildman–Crippen LogP) is 1.13. The van der Waals surface area contributed by atoms with Crippen molar-refractivity contribution >= 4 is 23.9 Å². The van der Waals surface area contributed by atoms with Crippen molar-refractivity contribution in [3.63, 3.8) is 0 Å². The highest BCUT2D eigenvalue weighted by Gasteiger charge is 2.40. The lowest BCUT2D eigenvalue weighted by Gasteiger charge is -2.16. The Labute approximate surface area is 106 Å². The van der Waals surface area contributed by atoms with Gasteiger partial charge in [0.1, 0.15) is 0 Å². The summed E-state index contributed by atoms with van der Waals surface area (Å²) in [7, 11) is 0. The summed E-state index contributed by atoms with van der Waals surface area (Å²) in [6.45, 7) is 3.31. The van der Waals surface area contributed by atoms with Crippen molar-refractivity contribution < 1.29 is 0 Å². The van der Waals surface area contributed by atoms with Crippen LogP contribution in [0.15, 0.2) is 5.38 Å². The highest BCUT2D eigenvalue weighted by atomic mass is 35.5. The van der Waals surface area contributed by atoms with Gasteiger partial charge in [-0.1, -0.05) is 4.49 Å². The zero-order valence-corrected chi connectivity index (χ0v) is 10.7. The van der Waals surface area contributed by atoms with E-state index in [1.807, 2.05) is 5.38 Å². The molecule has 3 unspecified atom stereocenters. The van der Waals surface area contributed by atoms with Crippen molar-refractivity contribution in [2.75, 3.05) is 13.1 Å². The summed E-state index contributed by atoms with van der Waals surface area (Å²) in [5.74, 6) is 1.57. The highest BCUT2D eigenvalue weighted by molar-refractivity contribution is 7.03. The normalized spacial score (nSPS) is 33.7. The zero-order chi connectivity index (χ0) is 10.3. The molecule has 2 fully saturated rings. The molecule has 2 N–H and O–H groups in total. The van der Waals surface area contributed by atoms with Crippen molar-refractivity contribution in [3.05, 3.63) is 11.1 Å². The van der Waals surface area contributed by atoms with Crippen molar-refractivity contribution in [1.82, 2.24) is 14.5 Å². The van der Waals surface area contributed by atoms with E-state index in [1.165, 1.54) is 30.9 Å². The van der Waals surface area contributed by atoms with E-state index in [-0.39, 0.29) is 12.4 Å². The van der Waals surface area contributed by atoms with Crippen LogP contribution in [0.5, 0.6) is 0 Å². The summed E-state index contributed by atoms with van der Waals surface area (Å²) in [6.07, 6.45) is 2.54. The Balaban J connectivity index is 0.000000963. The Morgan fingerprint density at radius 3 is 3.00 bits per heavy atom. The Bertz CT molecular complexity index is 332. The van der Waals surface area contributed by atoms with Gasteiger partial charge in [0.2, 0.25) is 0 Å². The molecule has 1 aromatic heterocycles. The van der Waals surface area contributed by atoms with Gasteiger partial charge in [-0.25, -0.2) is 0 Å². The maximum atomic E-state index is 6.10. The number of fused-ring (bicyclic) bond motifs is 1. The Morgan fingerprint density at radius 2 is 2.31 bits per heavy atom. The smallest absolute Gasteiger partial charge is 0.0895 e. The van der Waals surface area contributed by atoms with E-state index in [0.717, 1.165) is 30.6 Å². The fourth-order valence-corrected chi connectivity index (χ4v) is 3.45. The van der Waals surface area contributed by atoms with Gasteiger partial charge >= 0.3 is 0 Å². The molecule has 4 nitrogen and oxygen atoms in total. The first-order chi connectivity index (χ1) is 7.33. The summed E-state index contributed by atoms with van der Waals surface area (Å²) in [5, 5.41) is 6.12. The van der Waals surface area contributed by atoms with Gasteiger partial charge in [0, 0.05) is 31.1 Å². The quantitative estimate of drug-likeness (QED) is 0.866. The molecule has 0 bridgehead atoms. The number of hydrogen-bond acceptors (Lipinski definition) is 5. The second kappa shape index (κ2) is 4.96. The predicted molar refractivity (Wildman–Crippen MR) is 66.6 cm³/mol. The van der Waals surface area contributed by atoms with Gasteiger partial charge in [0.05, 0.1) is 5.69 Å². The Hall–Kier alpha value is -0.230. The van der Waals surface area contributed by atoms with E-state index in [1.54, 1.807) is 0 Å². The van der Waals surface area contributed by atoms with E-state index in [9.17, 15) is 0 Å². The maximum absolute atomic E-state index is 6.10. The Kier molecular flexibility index (Phi) is 3.79. The lowest BCUT2D eigenvalue weighted by atomic mass is 9.98. The van der Waals surface area contributed by atoms with E-state index in [0.29, 0.717) is 6.04 Å². The van der Waals surface area contributed by atoms with Gasteiger partial charge in [-0.3, -0.25) is 4.90 Å². The second-order valence-corrected chi connectivity index (χ2v) is 5.37. The molecule has 3 atom stereocenters. The molecule has 1 aromatic rings. The molecule has 2 aliphatic rings. The Morgan fingerprint density at radius 1 is 1.44 bits per heavy atom. The number of halogens is 1. The first-order valence-electron chi connectivity index (χ1n) is 5.57. The number of rotatable bonds is 2. The van der Waals surface area contributed by atoms with Gasteiger partial charge < -0.3 is 5.73 Å².